The minimum absolute atomic E-state index is 0.0836. The molecule has 3 rings (SSSR count). The number of hydrogen-bond donors (Lipinski definition) is 2. The summed E-state index contributed by atoms with van der Waals surface area (Å²) >= 11 is 0. The summed E-state index contributed by atoms with van der Waals surface area (Å²) in [6.07, 6.45) is 0.497. The Morgan fingerprint density at radius 3 is 2.70 bits per heavy atom. The van der Waals surface area contributed by atoms with Crippen LogP contribution in [0.3, 0.4) is 0 Å². The third kappa shape index (κ3) is 4.20. The molecule has 3 N–H and O–H groups in total. The van der Waals surface area contributed by atoms with Gasteiger partial charge in [0.15, 0.2) is 5.78 Å². The van der Waals surface area contributed by atoms with Crippen LogP contribution in [0.15, 0.2) is 48.5 Å². The fraction of sp³-hybridized carbons (Fsp3) is 0.300. The van der Waals surface area contributed by atoms with E-state index in [9.17, 15) is 14.6 Å². The molecule has 2 aromatic rings. The average molecular weight is 367 g/mol. The van der Waals surface area contributed by atoms with Gasteiger partial charge in [-0.1, -0.05) is 42.5 Å². The minimum Gasteiger partial charge on any atom is -0.535 e. The van der Waals surface area contributed by atoms with Crippen LogP contribution in [0.5, 0.6) is 5.75 Å². The van der Waals surface area contributed by atoms with E-state index >= 15 is 0 Å². The number of hydrogen-bond acceptors (Lipinski definition) is 6. The molecule has 6 nitrogen and oxygen atoms in total. The zero-order valence-corrected chi connectivity index (χ0v) is 15.1. The fourth-order valence-corrected chi connectivity index (χ4v) is 3.26. The summed E-state index contributed by atoms with van der Waals surface area (Å²) < 4.78 is 10.6. The van der Waals surface area contributed by atoms with E-state index in [1.165, 1.54) is 0 Å². The Hall–Kier alpha value is -2.64. The number of ketones is 1. The summed E-state index contributed by atoms with van der Waals surface area (Å²) in [6, 6.07) is 13.5. The van der Waals surface area contributed by atoms with Crippen molar-refractivity contribution in [1.29, 1.82) is 0 Å². The summed E-state index contributed by atoms with van der Waals surface area (Å²) in [5, 5.41) is 10.4. The molecule has 0 radical (unpaired) electrons. The van der Waals surface area contributed by atoms with Gasteiger partial charge in [-0.15, -0.1) is 0 Å². The summed E-state index contributed by atoms with van der Waals surface area (Å²) in [5.41, 5.74) is 7.83. The monoisotopic (exact) mass is 367 g/mol. The van der Waals surface area contributed by atoms with Gasteiger partial charge in [0.2, 0.25) is 0 Å². The molecular weight excluding hydrogens is 345 g/mol. The van der Waals surface area contributed by atoms with E-state index in [2.05, 4.69) is 0 Å². The summed E-state index contributed by atoms with van der Waals surface area (Å²) in [6.45, 7) is 1.97. The van der Waals surface area contributed by atoms with Crippen molar-refractivity contribution in [2.45, 2.75) is 31.6 Å². The highest BCUT2D eigenvalue weighted by molar-refractivity contribution is 6.47. The number of fused-ring (bicyclic) bond motifs is 1. The van der Waals surface area contributed by atoms with Gasteiger partial charge < -0.3 is 20.1 Å². The van der Waals surface area contributed by atoms with Crippen molar-refractivity contribution in [2.75, 3.05) is 6.61 Å². The van der Waals surface area contributed by atoms with Crippen molar-refractivity contribution in [3.8, 4) is 5.75 Å². The second kappa shape index (κ2) is 8.37. The molecule has 0 saturated heterocycles. The van der Waals surface area contributed by atoms with Crippen molar-refractivity contribution in [2.24, 2.45) is 5.73 Å². The van der Waals surface area contributed by atoms with Crippen molar-refractivity contribution < 1.29 is 24.0 Å². The van der Waals surface area contributed by atoms with E-state index in [1.54, 1.807) is 31.2 Å². The van der Waals surface area contributed by atoms with Crippen molar-refractivity contribution in [3.05, 3.63) is 65.2 Å². The van der Waals surface area contributed by atoms with Crippen LogP contribution in [0.4, 0.5) is 0 Å². The zero-order valence-electron chi connectivity index (χ0n) is 15.1. The van der Waals surface area contributed by atoms with Crippen LogP contribution in [0.25, 0.3) is 0 Å². The van der Waals surface area contributed by atoms with Crippen molar-refractivity contribution >= 4 is 18.9 Å². The molecule has 0 bridgehead atoms. The average Bonchev–Trinajstić information content (AvgIpc) is 2.68. The Balaban J connectivity index is 1.74. The second-order valence-electron chi connectivity index (χ2n) is 6.55. The van der Waals surface area contributed by atoms with E-state index in [0.29, 0.717) is 12.2 Å². The first kappa shape index (κ1) is 19.1. The molecule has 0 spiro atoms. The zero-order chi connectivity index (χ0) is 19.4. The maximum Gasteiger partial charge on any atom is 0.526 e. The topological polar surface area (TPSA) is 98.9 Å². The van der Waals surface area contributed by atoms with Gasteiger partial charge in [0, 0.05) is 12.2 Å². The molecule has 7 heteroatoms. The lowest BCUT2D eigenvalue weighted by molar-refractivity contribution is -0.120. The van der Waals surface area contributed by atoms with Gasteiger partial charge in [-0.05, 0) is 30.5 Å². The largest absolute Gasteiger partial charge is 0.535 e. The molecule has 0 aliphatic carbocycles. The van der Waals surface area contributed by atoms with Crippen LogP contribution >= 0.6 is 0 Å². The molecule has 27 heavy (non-hydrogen) atoms. The van der Waals surface area contributed by atoms with Crippen molar-refractivity contribution in [1.82, 2.24) is 0 Å². The number of esters is 1. The standard InChI is InChI=1S/C20H22BNO5/c1-2-26-20(24)16-10-6-9-14-11-15(21(25)27-19(14)16)12-17(23)18(22)13-7-4-3-5-8-13/h3-10,15,18,25H,2,11-12,22H2,1H3/t15-,18+/m1/s1. The first-order chi connectivity index (χ1) is 13.0. The predicted molar refractivity (Wildman–Crippen MR) is 101 cm³/mol. The third-order valence-corrected chi connectivity index (χ3v) is 4.68. The van der Waals surface area contributed by atoms with Gasteiger partial charge in [0.25, 0.3) is 0 Å². The van der Waals surface area contributed by atoms with Crippen LogP contribution in [-0.4, -0.2) is 30.5 Å². The number of para-hydroxylation sites is 1. The predicted octanol–water partition coefficient (Wildman–Crippen LogP) is 2.31. The number of carbonyl (C=O) groups excluding carboxylic acids is 2. The maximum absolute atomic E-state index is 12.6. The van der Waals surface area contributed by atoms with Gasteiger partial charge in [-0.2, -0.15) is 0 Å². The summed E-state index contributed by atoms with van der Waals surface area (Å²) in [7, 11) is -1.19. The molecule has 1 heterocycles. The van der Waals surface area contributed by atoms with Gasteiger partial charge in [0.05, 0.1) is 12.6 Å². The maximum atomic E-state index is 12.6. The number of benzene rings is 2. The number of ether oxygens (including phenoxy) is 1. The SMILES string of the molecule is CCOC(=O)c1cccc2c1OB(O)[C@@H](CC(=O)[C@@H](N)c1ccccc1)C2. The molecule has 1 aliphatic heterocycles. The quantitative estimate of drug-likeness (QED) is 0.601. The molecule has 2 atom stereocenters. The molecule has 140 valence electrons. The van der Waals surface area contributed by atoms with Crippen LogP contribution in [-0.2, 0) is 16.0 Å². The van der Waals surface area contributed by atoms with Gasteiger partial charge >= 0.3 is 13.1 Å². The highest BCUT2D eigenvalue weighted by Gasteiger charge is 2.38. The fourth-order valence-electron chi connectivity index (χ4n) is 3.26. The normalized spacial score (nSPS) is 16.9. The molecule has 0 aromatic heterocycles. The Morgan fingerprint density at radius 1 is 1.26 bits per heavy atom. The lowest BCUT2D eigenvalue weighted by Crippen LogP contribution is -2.37. The van der Waals surface area contributed by atoms with Gasteiger partial charge in [-0.3, -0.25) is 4.79 Å². The molecule has 2 aromatic carbocycles. The van der Waals surface area contributed by atoms with Gasteiger partial charge in [0.1, 0.15) is 11.3 Å². The second-order valence-corrected chi connectivity index (χ2v) is 6.55. The molecule has 0 saturated carbocycles. The smallest absolute Gasteiger partial charge is 0.526 e. The highest BCUT2D eigenvalue weighted by atomic mass is 16.5. The molecule has 1 aliphatic rings. The highest BCUT2D eigenvalue weighted by Crippen LogP contribution is 2.37. The first-order valence-electron chi connectivity index (χ1n) is 8.98. The first-order valence-corrected chi connectivity index (χ1v) is 8.98. The Morgan fingerprint density at radius 2 is 2.00 bits per heavy atom. The number of rotatable bonds is 6. The summed E-state index contributed by atoms with van der Waals surface area (Å²) in [4.78, 5) is 24.6. The Labute approximate surface area is 158 Å². The Bertz CT molecular complexity index is 826. The van der Waals surface area contributed by atoms with E-state index in [1.807, 2.05) is 24.3 Å². The molecule has 0 amide bonds. The van der Waals surface area contributed by atoms with E-state index in [-0.39, 0.29) is 24.4 Å². The van der Waals surface area contributed by atoms with E-state index < -0.39 is 24.9 Å². The minimum atomic E-state index is -1.19. The van der Waals surface area contributed by atoms with Crippen LogP contribution < -0.4 is 10.4 Å². The van der Waals surface area contributed by atoms with Crippen LogP contribution in [0, 0.1) is 0 Å². The lowest BCUT2D eigenvalue weighted by Gasteiger charge is -2.28. The lowest BCUT2D eigenvalue weighted by atomic mass is 9.64. The Kier molecular flexibility index (Phi) is 5.93. The van der Waals surface area contributed by atoms with Crippen molar-refractivity contribution in [3.63, 3.8) is 0 Å². The van der Waals surface area contributed by atoms with Crippen LogP contribution in [0.1, 0.15) is 40.9 Å². The van der Waals surface area contributed by atoms with E-state index in [0.717, 1.165) is 11.1 Å². The number of Topliss-reactive ketones (excluding diaryl/α,β-unsaturated/α-hetero) is 1. The molecule has 0 fully saturated rings. The van der Waals surface area contributed by atoms with Crippen LogP contribution in [0.2, 0.25) is 5.82 Å². The number of carbonyl (C=O) groups is 2. The molecular formula is C20H22BNO5. The van der Waals surface area contributed by atoms with Gasteiger partial charge in [-0.25, -0.2) is 4.79 Å². The third-order valence-electron chi connectivity index (χ3n) is 4.68. The number of nitrogens with two attached hydrogens (primary N) is 1. The molecule has 0 unspecified atom stereocenters. The summed E-state index contributed by atoms with van der Waals surface area (Å²) in [5.74, 6) is -0.780. The van der Waals surface area contributed by atoms with E-state index in [4.69, 9.17) is 15.1 Å².